The summed E-state index contributed by atoms with van der Waals surface area (Å²) in [4.78, 5) is 11.8. The van der Waals surface area contributed by atoms with Crippen molar-refractivity contribution in [2.24, 2.45) is 11.7 Å². The second-order valence-corrected chi connectivity index (χ2v) is 4.60. The van der Waals surface area contributed by atoms with Crippen LogP contribution in [0.5, 0.6) is 0 Å². The van der Waals surface area contributed by atoms with E-state index < -0.39 is 5.82 Å². The Balaban J connectivity index is 2.79. The van der Waals surface area contributed by atoms with Crippen LogP contribution in [-0.2, 0) is 0 Å². The van der Waals surface area contributed by atoms with Crippen LogP contribution in [0.3, 0.4) is 0 Å². The van der Waals surface area contributed by atoms with Gasteiger partial charge in [-0.25, -0.2) is 4.39 Å². The summed E-state index contributed by atoms with van der Waals surface area (Å²) in [6.07, 6.45) is 0. The molecule has 0 aromatic heterocycles. The van der Waals surface area contributed by atoms with Crippen LogP contribution in [0.1, 0.15) is 24.2 Å². The zero-order valence-corrected chi connectivity index (χ0v) is 10.6. The summed E-state index contributed by atoms with van der Waals surface area (Å²) in [5, 5.41) is 2.76. The topological polar surface area (TPSA) is 55.1 Å². The molecule has 94 valence electrons. The Morgan fingerprint density at radius 1 is 1.53 bits per heavy atom. The van der Waals surface area contributed by atoms with Crippen molar-refractivity contribution in [2.75, 3.05) is 6.54 Å². The number of halogens is 2. The number of benzene rings is 1. The summed E-state index contributed by atoms with van der Waals surface area (Å²) < 4.78 is 13.2. The molecule has 5 heteroatoms. The highest BCUT2D eigenvalue weighted by Gasteiger charge is 2.16. The first-order chi connectivity index (χ1) is 7.95. The third-order valence-corrected chi connectivity index (χ3v) is 2.86. The lowest BCUT2D eigenvalue weighted by Gasteiger charge is -2.20. The van der Waals surface area contributed by atoms with Crippen LogP contribution in [0, 0.1) is 11.7 Å². The Morgan fingerprint density at radius 2 is 2.18 bits per heavy atom. The van der Waals surface area contributed by atoms with E-state index in [4.69, 9.17) is 17.3 Å². The van der Waals surface area contributed by atoms with Crippen LogP contribution in [0.2, 0.25) is 5.02 Å². The van der Waals surface area contributed by atoms with E-state index in [0.29, 0.717) is 6.54 Å². The van der Waals surface area contributed by atoms with E-state index >= 15 is 0 Å². The molecule has 0 saturated heterocycles. The number of amides is 1. The summed E-state index contributed by atoms with van der Waals surface area (Å²) >= 11 is 5.54. The van der Waals surface area contributed by atoms with Gasteiger partial charge in [0, 0.05) is 18.2 Å². The third kappa shape index (κ3) is 3.68. The Kier molecular flexibility index (Phi) is 4.90. The molecule has 0 aliphatic rings. The minimum absolute atomic E-state index is 0.000726. The Morgan fingerprint density at radius 3 is 2.65 bits per heavy atom. The van der Waals surface area contributed by atoms with Crippen LogP contribution in [-0.4, -0.2) is 18.5 Å². The van der Waals surface area contributed by atoms with Crippen molar-refractivity contribution in [1.29, 1.82) is 0 Å². The summed E-state index contributed by atoms with van der Waals surface area (Å²) in [7, 11) is 0. The molecule has 1 aromatic carbocycles. The number of nitrogens with one attached hydrogen (secondary N) is 1. The van der Waals surface area contributed by atoms with Crippen molar-refractivity contribution < 1.29 is 9.18 Å². The molecule has 1 unspecified atom stereocenters. The summed E-state index contributed by atoms with van der Waals surface area (Å²) in [5.41, 5.74) is 5.79. The zero-order chi connectivity index (χ0) is 13.0. The number of hydrogen-bond donors (Lipinski definition) is 2. The van der Waals surface area contributed by atoms with Gasteiger partial charge in [0.2, 0.25) is 0 Å². The van der Waals surface area contributed by atoms with E-state index in [9.17, 15) is 9.18 Å². The minimum Gasteiger partial charge on any atom is -0.348 e. The second kappa shape index (κ2) is 5.98. The molecule has 0 spiro atoms. The smallest absolute Gasteiger partial charge is 0.251 e. The van der Waals surface area contributed by atoms with Crippen LogP contribution in [0.15, 0.2) is 18.2 Å². The molecule has 3 nitrogen and oxygen atoms in total. The maximum atomic E-state index is 13.2. The number of rotatable bonds is 4. The lowest BCUT2D eigenvalue weighted by molar-refractivity contribution is 0.0927. The molecule has 0 aliphatic heterocycles. The summed E-state index contributed by atoms with van der Waals surface area (Å²) in [5.74, 6) is -0.723. The minimum atomic E-state index is -0.604. The molecule has 0 aliphatic carbocycles. The molecular formula is C12H16ClFN2O. The summed E-state index contributed by atoms with van der Waals surface area (Å²) in [6, 6.07) is 3.83. The molecule has 1 aromatic rings. The van der Waals surface area contributed by atoms with E-state index in [2.05, 4.69) is 5.32 Å². The standard InChI is InChI=1S/C12H16ClFN2O/c1-7(2)11(6-15)16-12(17)8-3-4-9(13)10(14)5-8/h3-5,7,11H,6,15H2,1-2H3,(H,16,17). The number of carbonyl (C=O) groups excluding carboxylic acids is 1. The van der Waals surface area contributed by atoms with E-state index in [-0.39, 0.29) is 28.5 Å². The Bertz CT molecular complexity index is 409. The summed E-state index contributed by atoms with van der Waals surface area (Å²) in [6.45, 7) is 4.26. The van der Waals surface area contributed by atoms with E-state index in [0.717, 1.165) is 6.07 Å². The van der Waals surface area contributed by atoms with Gasteiger partial charge in [0.1, 0.15) is 5.82 Å². The van der Waals surface area contributed by atoms with Gasteiger partial charge in [0.25, 0.3) is 5.91 Å². The van der Waals surface area contributed by atoms with Gasteiger partial charge >= 0.3 is 0 Å². The molecule has 0 saturated carbocycles. The largest absolute Gasteiger partial charge is 0.348 e. The molecule has 1 atom stereocenters. The Labute approximate surface area is 105 Å². The molecule has 0 bridgehead atoms. The predicted molar refractivity (Wildman–Crippen MR) is 66.6 cm³/mol. The second-order valence-electron chi connectivity index (χ2n) is 4.19. The van der Waals surface area contributed by atoms with Gasteiger partial charge in [-0.1, -0.05) is 25.4 Å². The lowest BCUT2D eigenvalue weighted by Crippen LogP contribution is -2.43. The molecule has 17 heavy (non-hydrogen) atoms. The predicted octanol–water partition coefficient (Wildman–Crippen LogP) is 2.19. The van der Waals surface area contributed by atoms with Crippen molar-refractivity contribution in [3.05, 3.63) is 34.6 Å². The third-order valence-electron chi connectivity index (χ3n) is 2.56. The highest BCUT2D eigenvalue weighted by Crippen LogP contribution is 2.15. The first-order valence-corrected chi connectivity index (χ1v) is 5.79. The molecule has 3 N–H and O–H groups in total. The van der Waals surface area contributed by atoms with Crippen molar-refractivity contribution in [3.8, 4) is 0 Å². The fraction of sp³-hybridized carbons (Fsp3) is 0.417. The zero-order valence-electron chi connectivity index (χ0n) is 9.84. The molecule has 0 heterocycles. The Hall–Kier alpha value is -1.13. The average molecular weight is 259 g/mol. The van der Waals surface area contributed by atoms with Gasteiger partial charge < -0.3 is 11.1 Å². The van der Waals surface area contributed by atoms with Crippen LogP contribution in [0.25, 0.3) is 0 Å². The molecule has 0 radical (unpaired) electrons. The number of carbonyl (C=O) groups is 1. The fourth-order valence-electron chi connectivity index (χ4n) is 1.39. The van der Waals surface area contributed by atoms with Crippen LogP contribution in [0.4, 0.5) is 4.39 Å². The quantitative estimate of drug-likeness (QED) is 0.870. The van der Waals surface area contributed by atoms with E-state index in [1.54, 1.807) is 0 Å². The lowest BCUT2D eigenvalue weighted by atomic mass is 10.0. The fourth-order valence-corrected chi connectivity index (χ4v) is 1.50. The molecule has 1 amide bonds. The van der Waals surface area contributed by atoms with Gasteiger partial charge in [-0.2, -0.15) is 0 Å². The van der Waals surface area contributed by atoms with Crippen LogP contribution >= 0.6 is 11.6 Å². The average Bonchev–Trinajstić information content (AvgIpc) is 2.28. The maximum absolute atomic E-state index is 13.2. The molecule has 0 fully saturated rings. The van der Waals surface area contributed by atoms with Gasteiger partial charge in [-0.05, 0) is 24.1 Å². The first kappa shape index (κ1) is 13.9. The first-order valence-electron chi connectivity index (χ1n) is 5.41. The van der Waals surface area contributed by atoms with Crippen molar-refractivity contribution in [1.82, 2.24) is 5.32 Å². The highest BCUT2D eigenvalue weighted by atomic mass is 35.5. The molecular weight excluding hydrogens is 243 g/mol. The monoisotopic (exact) mass is 258 g/mol. The van der Waals surface area contributed by atoms with Crippen molar-refractivity contribution in [2.45, 2.75) is 19.9 Å². The van der Waals surface area contributed by atoms with Gasteiger partial charge in [0.15, 0.2) is 0 Å². The van der Waals surface area contributed by atoms with Crippen molar-refractivity contribution >= 4 is 17.5 Å². The van der Waals surface area contributed by atoms with Gasteiger partial charge in [-0.3, -0.25) is 4.79 Å². The van der Waals surface area contributed by atoms with Gasteiger partial charge in [0.05, 0.1) is 5.02 Å². The van der Waals surface area contributed by atoms with E-state index in [1.165, 1.54) is 12.1 Å². The number of hydrogen-bond acceptors (Lipinski definition) is 2. The number of nitrogens with two attached hydrogens (primary N) is 1. The van der Waals surface area contributed by atoms with Crippen LogP contribution < -0.4 is 11.1 Å². The highest BCUT2D eigenvalue weighted by molar-refractivity contribution is 6.30. The normalized spacial score (nSPS) is 12.6. The van der Waals surface area contributed by atoms with Crippen molar-refractivity contribution in [3.63, 3.8) is 0 Å². The SMILES string of the molecule is CC(C)C(CN)NC(=O)c1ccc(Cl)c(F)c1. The maximum Gasteiger partial charge on any atom is 0.251 e. The van der Waals surface area contributed by atoms with E-state index in [1.807, 2.05) is 13.8 Å². The molecule has 1 rings (SSSR count). The van der Waals surface area contributed by atoms with Gasteiger partial charge in [-0.15, -0.1) is 0 Å².